The molecule has 2 atom stereocenters. The number of rotatable bonds is 4. The summed E-state index contributed by atoms with van der Waals surface area (Å²) in [6.45, 7) is 2.73. The van der Waals surface area contributed by atoms with Crippen LogP contribution in [0.3, 0.4) is 0 Å². The number of benzene rings is 1. The Morgan fingerprint density at radius 2 is 2.24 bits per heavy atom. The van der Waals surface area contributed by atoms with Gasteiger partial charge in [0.2, 0.25) is 0 Å². The van der Waals surface area contributed by atoms with E-state index in [2.05, 4.69) is 5.16 Å². The van der Waals surface area contributed by atoms with E-state index >= 15 is 0 Å². The molecule has 0 N–H and O–H groups in total. The summed E-state index contributed by atoms with van der Waals surface area (Å²) >= 11 is 0. The molecule has 3 rings (SSSR count). The first-order chi connectivity index (χ1) is 12.0. The van der Waals surface area contributed by atoms with Crippen molar-refractivity contribution >= 4 is 5.91 Å². The fourth-order valence-corrected chi connectivity index (χ4v) is 3.20. The van der Waals surface area contributed by atoms with Gasteiger partial charge in [-0.25, -0.2) is 4.39 Å². The van der Waals surface area contributed by atoms with Crippen molar-refractivity contribution in [1.29, 1.82) is 5.26 Å². The molecule has 1 saturated heterocycles. The van der Waals surface area contributed by atoms with E-state index in [1.54, 1.807) is 12.0 Å². The monoisotopic (exact) mass is 343 g/mol. The minimum Gasteiger partial charge on any atom is -0.379 e. The third-order valence-electron chi connectivity index (χ3n) is 4.38. The molecule has 1 aliphatic heterocycles. The van der Waals surface area contributed by atoms with Crippen LogP contribution in [0.5, 0.6) is 0 Å². The third-order valence-corrected chi connectivity index (χ3v) is 4.38. The lowest BCUT2D eigenvalue weighted by Crippen LogP contribution is -2.30. The molecule has 0 saturated carbocycles. The number of carbonyl (C=O) groups excluding carboxylic acids is 1. The first-order valence-corrected chi connectivity index (χ1v) is 7.95. The van der Waals surface area contributed by atoms with Crippen LogP contribution in [0, 0.1) is 30.0 Å². The zero-order chi connectivity index (χ0) is 18.0. The summed E-state index contributed by atoms with van der Waals surface area (Å²) in [5.74, 6) is -0.102. The Balaban J connectivity index is 1.76. The van der Waals surface area contributed by atoms with Gasteiger partial charge in [-0.3, -0.25) is 4.79 Å². The van der Waals surface area contributed by atoms with Crippen molar-refractivity contribution < 1.29 is 18.4 Å². The van der Waals surface area contributed by atoms with Gasteiger partial charge in [-0.2, -0.15) is 5.26 Å². The van der Waals surface area contributed by atoms with Crippen LogP contribution in [0.15, 0.2) is 28.8 Å². The summed E-state index contributed by atoms with van der Waals surface area (Å²) in [5, 5.41) is 12.8. The second kappa shape index (κ2) is 7.03. The summed E-state index contributed by atoms with van der Waals surface area (Å²) in [7, 11) is 1.60. The summed E-state index contributed by atoms with van der Waals surface area (Å²) in [4.78, 5) is 14.3. The second-order valence-electron chi connectivity index (χ2n) is 6.22. The molecule has 1 aromatic heterocycles. The Morgan fingerprint density at radius 3 is 2.88 bits per heavy atom. The standard InChI is InChI=1S/C18H18FN3O3/c1-11-3-16(25-21-11)7-14-9-22(10-17(14)24-2)18(23)13-4-12(8-20)5-15(19)6-13/h3-6,14,17H,7,9-10H2,1-2H3/t14-,17+/m1/s1. The Hall–Kier alpha value is -2.72. The van der Waals surface area contributed by atoms with Crippen LogP contribution in [0.25, 0.3) is 0 Å². The van der Waals surface area contributed by atoms with Gasteiger partial charge in [0, 0.05) is 44.2 Å². The molecular formula is C18H18FN3O3. The number of hydrogen-bond acceptors (Lipinski definition) is 5. The number of aryl methyl sites for hydroxylation is 1. The van der Waals surface area contributed by atoms with E-state index in [0.29, 0.717) is 19.5 Å². The van der Waals surface area contributed by atoms with Gasteiger partial charge in [-0.05, 0) is 25.1 Å². The highest BCUT2D eigenvalue weighted by Crippen LogP contribution is 2.25. The van der Waals surface area contributed by atoms with Gasteiger partial charge in [-0.1, -0.05) is 5.16 Å². The molecule has 2 heterocycles. The van der Waals surface area contributed by atoms with E-state index in [9.17, 15) is 9.18 Å². The van der Waals surface area contributed by atoms with Gasteiger partial charge in [0.1, 0.15) is 11.6 Å². The highest BCUT2D eigenvalue weighted by molar-refractivity contribution is 5.94. The number of ether oxygens (including phenoxy) is 1. The van der Waals surface area contributed by atoms with E-state index < -0.39 is 5.82 Å². The number of methoxy groups -OCH3 is 1. The smallest absolute Gasteiger partial charge is 0.254 e. The minimum atomic E-state index is -0.599. The minimum absolute atomic E-state index is 0.0605. The van der Waals surface area contributed by atoms with Crippen LogP contribution < -0.4 is 0 Å². The van der Waals surface area contributed by atoms with E-state index in [0.717, 1.165) is 23.6 Å². The number of carbonyl (C=O) groups is 1. The van der Waals surface area contributed by atoms with Crippen molar-refractivity contribution in [2.45, 2.75) is 19.4 Å². The molecule has 0 bridgehead atoms. The Labute approximate surface area is 144 Å². The van der Waals surface area contributed by atoms with Gasteiger partial charge >= 0.3 is 0 Å². The van der Waals surface area contributed by atoms with E-state index in [4.69, 9.17) is 14.5 Å². The molecule has 2 aromatic rings. The molecule has 1 aliphatic rings. The van der Waals surface area contributed by atoms with Crippen molar-refractivity contribution in [3.8, 4) is 6.07 Å². The molecule has 1 fully saturated rings. The quantitative estimate of drug-likeness (QED) is 0.851. The second-order valence-corrected chi connectivity index (χ2v) is 6.22. The zero-order valence-corrected chi connectivity index (χ0v) is 14.0. The van der Waals surface area contributed by atoms with Crippen LogP contribution in [-0.2, 0) is 11.2 Å². The van der Waals surface area contributed by atoms with Crippen LogP contribution in [0.1, 0.15) is 27.4 Å². The number of likely N-dealkylation sites (tertiary alicyclic amines) is 1. The Morgan fingerprint density at radius 1 is 1.44 bits per heavy atom. The number of aromatic nitrogens is 1. The number of hydrogen-bond donors (Lipinski definition) is 0. The summed E-state index contributed by atoms with van der Waals surface area (Å²) in [5.41, 5.74) is 1.10. The van der Waals surface area contributed by atoms with Crippen molar-refractivity contribution in [2.75, 3.05) is 20.2 Å². The first-order valence-electron chi connectivity index (χ1n) is 7.95. The molecular weight excluding hydrogens is 325 g/mol. The van der Waals surface area contributed by atoms with Crippen LogP contribution in [0.4, 0.5) is 4.39 Å². The number of nitrogens with zero attached hydrogens (tertiary/aromatic N) is 3. The fourth-order valence-electron chi connectivity index (χ4n) is 3.20. The average molecular weight is 343 g/mol. The Bertz CT molecular complexity index is 827. The van der Waals surface area contributed by atoms with Crippen LogP contribution in [-0.4, -0.2) is 42.3 Å². The lowest BCUT2D eigenvalue weighted by atomic mass is 10.0. The number of amides is 1. The lowest BCUT2D eigenvalue weighted by Gasteiger charge is -2.16. The molecule has 130 valence electrons. The molecule has 0 aliphatic carbocycles. The van der Waals surface area contributed by atoms with Gasteiger partial charge in [0.15, 0.2) is 0 Å². The SMILES string of the molecule is CO[C@H]1CN(C(=O)c2cc(F)cc(C#N)c2)C[C@H]1Cc1cc(C)no1. The molecule has 1 aromatic carbocycles. The molecule has 7 heteroatoms. The van der Waals surface area contributed by atoms with Crippen LogP contribution >= 0.6 is 0 Å². The number of nitriles is 1. The molecule has 0 spiro atoms. The molecule has 6 nitrogen and oxygen atoms in total. The van der Waals surface area contributed by atoms with Crippen molar-refractivity contribution in [3.63, 3.8) is 0 Å². The molecule has 0 unspecified atom stereocenters. The zero-order valence-electron chi connectivity index (χ0n) is 14.0. The predicted octanol–water partition coefficient (Wildman–Crippen LogP) is 2.32. The van der Waals surface area contributed by atoms with Crippen molar-refractivity contribution in [2.24, 2.45) is 5.92 Å². The summed E-state index contributed by atoms with van der Waals surface area (Å²) < 4.78 is 24.4. The van der Waals surface area contributed by atoms with Gasteiger partial charge < -0.3 is 14.2 Å². The average Bonchev–Trinajstić information content (AvgIpc) is 3.19. The largest absolute Gasteiger partial charge is 0.379 e. The molecule has 1 amide bonds. The summed E-state index contributed by atoms with van der Waals surface area (Å²) in [6, 6.07) is 7.39. The number of halogens is 1. The third kappa shape index (κ3) is 3.69. The summed E-state index contributed by atoms with van der Waals surface area (Å²) in [6.07, 6.45) is 0.466. The van der Waals surface area contributed by atoms with E-state index in [1.165, 1.54) is 6.07 Å². The highest BCUT2D eigenvalue weighted by atomic mass is 19.1. The first kappa shape index (κ1) is 17.1. The molecule has 0 radical (unpaired) electrons. The topological polar surface area (TPSA) is 79.4 Å². The fraction of sp³-hybridized carbons (Fsp3) is 0.389. The Kier molecular flexibility index (Phi) is 4.81. The van der Waals surface area contributed by atoms with Crippen molar-refractivity contribution in [1.82, 2.24) is 10.1 Å². The maximum atomic E-state index is 13.6. The highest BCUT2D eigenvalue weighted by Gasteiger charge is 2.36. The normalized spacial score (nSPS) is 19.8. The van der Waals surface area contributed by atoms with Gasteiger partial charge in [0.05, 0.1) is 23.4 Å². The predicted molar refractivity (Wildman–Crippen MR) is 86.2 cm³/mol. The molecule has 25 heavy (non-hydrogen) atoms. The van der Waals surface area contributed by atoms with E-state index in [1.807, 2.05) is 19.1 Å². The maximum absolute atomic E-state index is 13.6. The van der Waals surface area contributed by atoms with E-state index in [-0.39, 0.29) is 29.1 Å². The maximum Gasteiger partial charge on any atom is 0.254 e. The van der Waals surface area contributed by atoms with Gasteiger partial charge in [-0.15, -0.1) is 0 Å². The van der Waals surface area contributed by atoms with Crippen LogP contribution in [0.2, 0.25) is 0 Å². The van der Waals surface area contributed by atoms with Gasteiger partial charge in [0.25, 0.3) is 5.91 Å². The van der Waals surface area contributed by atoms with Crippen molar-refractivity contribution in [3.05, 3.63) is 52.7 Å². The lowest BCUT2D eigenvalue weighted by molar-refractivity contribution is 0.0672.